The van der Waals surface area contributed by atoms with Gasteiger partial charge in [-0.05, 0) is 47.9 Å². The van der Waals surface area contributed by atoms with Gasteiger partial charge in [0.1, 0.15) is 18.4 Å². The van der Waals surface area contributed by atoms with E-state index in [1.165, 1.54) is 11.0 Å². The van der Waals surface area contributed by atoms with Gasteiger partial charge in [0.25, 0.3) is 0 Å². The molecule has 3 aromatic carbocycles. The number of carbonyl (C=O) groups excluding carboxylic acids is 2. The third-order valence-corrected chi connectivity index (χ3v) is 7.88. The van der Waals surface area contributed by atoms with Gasteiger partial charge in [-0.2, -0.15) is 0 Å². The molecule has 0 aliphatic rings. The van der Waals surface area contributed by atoms with E-state index in [0.29, 0.717) is 17.1 Å². The molecule has 0 saturated carbocycles. The molecule has 3 rings (SSSR count). The first kappa shape index (κ1) is 31.4. The Kier molecular flexibility index (Phi) is 11.4. The summed E-state index contributed by atoms with van der Waals surface area (Å²) in [7, 11) is -4.00. The molecule has 2 amide bonds. The average molecular weight is 609 g/mol. The molecular formula is C29H32Cl2FN3O4S. The predicted molar refractivity (Wildman–Crippen MR) is 157 cm³/mol. The Bertz CT molecular complexity index is 1420. The number of nitrogens with zero attached hydrogens (tertiary/aromatic N) is 2. The zero-order chi connectivity index (χ0) is 29.3. The second-order valence-corrected chi connectivity index (χ2v) is 12.1. The Morgan fingerprint density at radius 1 is 0.975 bits per heavy atom. The second-order valence-electron chi connectivity index (χ2n) is 9.37. The number of sulfonamides is 1. The number of rotatable bonds is 13. The van der Waals surface area contributed by atoms with Gasteiger partial charge in [-0.3, -0.25) is 13.9 Å². The number of unbranched alkanes of at least 4 members (excludes halogenated alkanes) is 1. The van der Waals surface area contributed by atoms with Crippen LogP contribution in [0.5, 0.6) is 0 Å². The van der Waals surface area contributed by atoms with Crippen LogP contribution in [0.4, 0.5) is 10.1 Å². The van der Waals surface area contributed by atoms with Crippen LogP contribution in [0.15, 0.2) is 72.8 Å². The quantitative estimate of drug-likeness (QED) is 0.262. The van der Waals surface area contributed by atoms with Crippen molar-refractivity contribution in [3.8, 4) is 0 Å². The van der Waals surface area contributed by atoms with Crippen LogP contribution >= 0.6 is 23.2 Å². The third kappa shape index (κ3) is 8.94. The zero-order valence-electron chi connectivity index (χ0n) is 22.3. The number of benzene rings is 3. The molecule has 0 saturated heterocycles. The molecule has 214 valence electrons. The SMILES string of the molecule is CCCCNC(=O)[C@H](Cc1ccccc1)N(Cc1cccc(Cl)c1)C(=O)CN(c1ccc(F)c(Cl)c1)S(C)(=O)=O. The van der Waals surface area contributed by atoms with Gasteiger partial charge in [-0.25, -0.2) is 12.8 Å². The average Bonchev–Trinajstić information content (AvgIpc) is 2.91. The molecule has 0 spiro atoms. The highest BCUT2D eigenvalue weighted by molar-refractivity contribution is 7.92. The first-order chi connectivity index (χ1) is 19.0. The van der Waals surface area contributed by atoms with Crippen LogP contribution in [0.25, 0.3) is 0 Å². The molecular weight excluding hydrogens is 576 g/mol. The van der Waals surface area contributed by atoms with Crippen molar-refractivity contribution >= 4 is 50.7 Å². The fraction of sp³-hybridized carbons (Fsp3) is 0.310. The van der Waals surface area contributed by atoms with Crippen molar-refractivity contribution in [2.24, 2.45) is 0 Å². The molecule has 1 atom stereocenters. The van der Waals surface area contributed by atoms with Crippen LogP contribution < -0.4 is 9.62 Å². The molecule has 0 unspecified atom stereocenters. The summed E-state index contributed by atoms with van der Waals surface area (Å²) in [5, 5.41) is 3.08. The van der Waals surface area contributed by atoms with Crippen molar-refractivity contribution in [2.45, 2.75) is 38.8 Å². The van der Waals surface area contributed by atoms with Crippen molar-refractivity contribution in [2.75, 3.05) is 23.7 Å². The topological polar surface area (TPSA) is 86.8 Å². The number of amides is 2. The summed E-state index contributed by atoms with van der Waals surface area (Å²) in [5.74, 6) is -1.71. The third-order valence-electron chi connectivity index (χ3n) is 6.21. The van der Waals surface area contributed by atoms with E-state index in [1.807, 2.05) is 37.3 Å². The minimum atomic E-state index is -4.00. The van der Waals surface area contributed by atoms with E-state index in [4.69, 9.17) is 23.2 Å². The molecule has 0 aromatic heterocycles. The maximum absolute atomic E-state index is 14.0. The Morgan fingerprint density at radius 2 is 1.68 bits per heavy atom. The Hall–Kier alpha value is -3.14. The van der Waals surface area contributed by atoms with E-state index >= 15 is 0 Å². The number of halogens is 3. The highest BCUT2D eigenvalue weighted by Gasteiger charge is 2.33. The molecule has 7 nitrogen and oxygen atoms in total. The molecule has 3 aromatic rings. The van der Waals surface area contributed by atoms with Gasteiger partial charge in [-0.1, -0.05) is 79.0 Å². The summed E-state index contributed by atoms with van der Waals surface area (Å²) in [6, 6.07) is 18.6. The predicted octanol–water partition coefficient (Wildman–Crippen LogP) is 5.45. The second kappa shape index (κ2) is 14.5. The lowest BCUT2D eigenvalue weighted by Crippen LogP contribution is -2.53. The number of carbonyl (C=O) groups is 2. The molecule has 0 aliphatic heterocycles. The fourth-order valence-corrected chi connectivity index (χ4v) is 5.38. The summed E-state index contributed by atoms with van der Waals surface area (Å²) in [5.41, 5.74) is 1.51. The molecule has 0 heterocycles. The van der Waals surface area contributed by atoms with Gasteiger partial charge < -0.3 is 10.2 Å². The Morgan fingerprint density at radius 3 is 2.30 bits per heavy atom. The largest absolute Gasteiger partial charge is 0.354 e. The fourth-order valence-electron chi connectivity index (χ4n) is 4.15. The van der Waals surface area contributed by atoms with Crippen LogP contribution in [-0.4, -0.2) is 50.5 Å². The monoisotopic (exact) mass is 607 g/mol. The van der Waals surface area contributed by atoms with E-state index < -0.39 is 34.3 Å². The number of nitrogens with one attached hydrogen (secondary N) is 1. The van der Waals surface area contributed by atoms with Crippen LogP contribution in [0.3, 0.4) is 0 Å². The molecule has 40 heavy (non-hydrogen) atoms. The van der Waals surface area contributed by atoms with Crippen molar-refractivity contribution in [3.63, 3.8) is 0 Å². The van der Waals surface area contributed by atoms with Crippen LogP contribution in [0.1, 0.15) is 30.9 Å². The van der Waals surface area contributed by atoms with Gasteiger partial charge in [0, 0.05) is 24.5 Å². The van der Waals surface area contributed by atoms with Crippen molar-refractivity contribution in [1.82, 2.24) is 10.2 Å². The Labute approximate surface area is 244 Å². The molecule has 0 fully saturated rings. The normalized spacial score (nSPS) is 12.0. The first-order valence-corrected chi connectivity index (χ1v) is 15.4. The van der Waals surface area contributed by atoms with E-state index in [2.05, 4.69) is 5.32 Å². The van der Waals surface area contributed by atoms with Gasteiger partial charge >= 0.3 is 0 Å². The van der Waals surface area contributed by atoms with Gasteiger partial charge in [0.15, 0.2) is 0 Å². The van der Waals surface area contributed by atoms with Gasteiger partial charge in [-0.15, -0.1) is 0 Å². The molecule has 0 aliphatic carbocycles. The van der Waals surface area contributed by atoms with E-state index in [-0.39, 0.29) is 29.6 Å². The lowest BCUT2D eigenvalue weighted by atomic mass is 10.0. The number of anilines is 1. The number of hydrogen-bond donors (Lipinski definition) is 1. The molecule has 0 radical (unpaired) electrons. The zero-order valence-corrected chi connectivity index (χ0v) is 24.6. The summed E-state index contributed by atoms with van der Waals surface area (Å²) >= 11 is 12.1. The minimum absolute atomic E-state index is 0.000132. The summed E-state index contributed by atoms with van der Waals surface area (Å²) < 4.78 is 40.2. The molecule has 1 N–H and O–H groups in total. The van der Waals surface area contributed by atoms with Crippen molar-refractivity contribution in [3.05, 3.63) is 99.8 Å². The molecule has 0 bridgehead atoms. The maximum Gasteiger partial charge on any atom is 0.244 e. The highest BCUT2D eigenvalue weighted by Crippen LogP contribution is 2.25. The lowest BCUT2D eigenvalue weighted by molar-refractivity contribution is -0.140. The lowest BCUT2D eigenvalue weighted by Gasteiger charge is -2.33. The summed E-state index contributed by atoms with van der Waals surface area (Å²) in [6.45, 7) is 1.81. The highest BCUT2D eigenvalue weighted by atomic mass is 35.5. The van der Waals surface area contributed by atoms with Gasteiger partial charge in [0.05, 0.1) is 17.0 Å². The smallest absolute Gasteiger partial charge is 0.244 e. The van der Waals surface area contributed by atoms with Crippen LogP contribution in [0.2, 0.25) is 10.0 Å². The minimum Gasteiger partial charge on any atom is -0.354 e. The van der Waals surface area contributed by atoms with E-state index in [1.54, 1.807) is 24.3 Å². The number of hydrogen-bond acceptors (Lipinski definition) is 4. The van der Waals surface area contributed by atoms with Crippen molar-refractivity contribution in [1.29, 1.82) is 0 Å². The summed E-state index contributed by atoms with van der Waals surface area (Å²) in [4.78, 5) is 28.9. The van der Waals surface area contributed by atoms with Crippen LogP contribution in [0, 0.1) is 5.82 Å². The molecule has 11 heteroatoms. The Balaban J connectivity index is 2.04. The van der Waals surface area contributed by atoms with Crippen LogP contribution in [-0.2, 0) is 32.6 Å². The van der Waals surface area contributed by atoms with E-state index in [9.17, 15) is 22.4 Å². The first-order valence-electron chi connectivity index (χ1n) is 12.8. The maximum atomic E-state index is 14.0. The standard InChI is InChI=1S/C29H32Cl2FN3O4S/c1-3-4-15-33-29(37)27(17-21-9-6-5-7-10-21)34(19-22-11-8-12-23(30)16-22)28(36)20-35(40(2,38)39)24-13-14-26(32)25(31)18-24/h5-14,16,18,27H,3-4,15,17,19-20H2,1-2H3,(H,33,37)/t27-/m0/s1. The van der Waals surface area contributed by atoms with Crippen molar-refractivity contribution < 1.29 is 22.4 Å². The van der Waals surface area contributed by atoms with Gasteiger partial charge in [0.2, 0.25) is 21.8 Å². The summed E-state index contributed by atoms with van der Waals surface area (Å²) in [6.07, 6.45) is 2.78. The van der Waals surface area contributed by atoms with E-state index in [0.717, 1.165) is 41.1 Å².